The third-order valence-electron chi connectivity index (χ3n) is 4.98. The number of aliphatic carboxylic acids is 1. The van der Waals surface area contributed by atoms with E-state index in [1.807, 2.05) is 12.1 Å². The van der Waals surface area contributed by atoms with E-state index in [-0.39, 0.29) is 6.04 Å². The normalized spacial score (nSPS) is 18.9. The van der Waals surface area contributed by atoms with Crippen LogP contribution in [-0.2, 0) is 4.79 Å². The molecule has 1 aromatic carbocycles. The van der Waals surface area contributed by atoms with E-state index >= 15 is 0 Å². The Bertz CT molecular complexity index is 822. The number of halogens is 1. The molecule has 0 radical (unpaired) electrons. The molecule has 0 aliphatic carbocycles. The second-order valence-corrected chi connectivity index (χ2v) is 8.54. The molecule has 3 rings (SSSR count). The van der Waals surface area contributed by atoms with Gasteiger partial charge in [-0.2, -0.15) is 0 Å². The van der Waals surface area contributed by atoms with Crippen molar-refractivity contribution in [3.05, 3.63) is 44.1 Å². The molecule has 2 aromatic rings. The number of likely N-dealkylation sites (tertiary alicyclic amines) is 1. The second-order valence-electron chi connectivity index (χ2n) is 6.75. The van der Waals surface area contributed by atoms with Crippen LogP contribution in [0.3, 0.4) is 0 Å². The van der Waals surface area contributed by atoms with Gasteiger partial charge in [0.15, 0.2) is 11.5 Å². The Hall–Kier alpha value is -1.57. The Morgan fingerprint density at radius 2 is 1.96 bits per heavy atom. The standard InChI is InChI=1S/C20H24BrNO4S/c1-12-8-18(27-11-12)19(22-7-5-4-6-15(22)20(23)24)13-9-16(25-2)17(26-3)10-14(13)21/h8-11,15,19H,4-7H2,1-3H3,(H,23,24). The molecule has 1 aliphatic rings. The van der Waals surface area contributed by atoms with E-state index in [1.165, 1.54) is 5.56 Å². The van der Waals surface area contributed by atoms with Gasteiger partial charge in [-0.1, -0.05) is 22.4 Å². The first kappa shape index (κ1) is 20.2. The molecule has 1 fully saturated rings. The number of piperidine rings is 1. The Morgan fingerprint density at radius 1 is 1.26 bits per heavy atom. The minimum absolute atomic E-state index is 0.153. The summed E-state index contributed by atoms with van der Waals surface area (Å²) in [6, 6.07) is 5.34. The van der Waals surface area contributed by atoms with Crippen LogP contribution >= 0.6 is 27.3 Å². The monoisotopic (exact) mass is 453 g/mol. The quantitative estimate of drug-likeness (QED) is 0.676. The van der Waals surface area contributed by atoms with E-state index in [4.69, 9.17) is 9.47 Å². The summed E-state index contributed by atoms with van der Waals surface area (Å²) in [5, 5.41) is 11.9. The van der Waals surface area contributed by atoms with Crippen LogP contribution in [0.1, 0.15) is 41.3 Å². The molecule has 1 saturated heterocycles. The van der Waals surface area contributed by atoms with Gasteiger partial charge in [-0.05, 0) is 61.0 Å². The fourth-order valence-electron chi connectivity index (χ4n) is 3.70. The highest BCUT2D eigenvalue weighted by atomic mass is 79.9. The number of benzene rings is 1. The molecule has 2 unspecified atom stereocenters. The highest BCUT2D eigenvalue weighted by Gasteiger charge is 2.37. The van der Waals surface area contributed by atoms with Gasteiger partial charge in [0.1, 0.15) is 6.04 Å². The third kappa shape index (κ3) is 4.15. The van der Waals surface area contributed by atoms with E-state index in [1.54, 1.807) is 25.6 Å². The van der Waals surface area contributed by atoms with Gasteiger partial charge in [0.2, 0.25) is 0 Å². The first-order chi connectivity index (χ1) is 13.0. The van der Waals surface area contributed by atoms with E-state index in [2.05, 4.69) is 39.2 Å². The van der Waals surface area contributed by atoms with Crippen LogP contribution in [0.25, 0.3) is 0 Å². The lowest BCUT2D eigenvalue weighted by Crippen LogP contribution is -2.46. The fraction of sp³-hybridized carbons (Fsp3) is 0.450. The number of methoxy groups -OCH3 is 2. The topological polar surface area (TPSA) is 59.0 Å². The van der Waals surface area contributed by atoms with Gasteiger partial charge in [-0.25, -0.2) is 0 Å². The number of hydrogen-bond donors (Lipinski definition) is 1. The molecule has 0 bridgehead atoms. The van der Waals surface area contributed by atoms with Gasteiger partial charge in [-0.15, -0.1) is 11.3 Å². The first-order valence-corrected chi connectivity index (χ1v) is 10.6. The summed E-state index contributed by atoms with van der Waals surface area (Å²) in [6.07, 6.45) is 2.60. The summed E-state index contributed by atoms with van der Waals surface area (Å²) in [5.74, 6) is 0.519. The molecule has 0 saturated carbocycles. The average Bonchev–Trinajstić information content (AvgIpc) is 3.09. The molecule has 0 spiro atoms. The molecule has 1 aliphatic heterocycles. The van der Waals surface area contributed by atoms with Gasteiger partial charge >= 0.3 is 5.97 Å². The lowest BCUT2D eigenvalue weighted by Gasteiger charge is -2.39. The van der Waals surface area contributed by atoms with E-state index in [0.29, 0.717) is 17.9 Å². The number of rotatable bonds is 6. The maximum Gasteiger partial charge on any atom is 0.320 e. The summed E-state index contributed by atoms with van der Waals surface area (Å²) in [4.78, 5) is 15.2. The molecular formula is C20H24BrNO4S. The Morgan fingerprint density at radius 3 is 2.56 bits per heavy atom. The zero-order valence-corrected chi connectivity index (χ0v) is 18.1. The molecule has 2 heterocycles. The SMILES string of the molecule is COc1cc(Br)c(C(c2cc(C)cs2)N2CCCCC2C(=O)O)cc1OC. The molecule has 0 amide bonds. The predicted molar refractivity (Wildman–Crippen MR) is 110 cm³/mol. The van der Waals surface area contributed by atoms with Crippen molar-refractivity contribution in [3.8, 4) is 11.5 Å². The summed E-state index contributed by atoms with van der Waals surface area (Å²) in [7, 11) is 3.22. The minimum Gasteiger partial charge on any atom is -0.493 e. The van der Waals surface area contributed by atoms with Crippen molar-refractivity contribution in [2.45, 2.75) is 38.3 Å². The van der Waals surface area contributed by atoms with Crippen molar-refractivity contribution in [1.82, 2.24) is 4.90 Å². The zero-order valence-electron chi connectivity index (χ0n) is 15.7. The molecule has 7 heteroatoms. The first-order valence-electron chi connectivity index (χ1n) is 8.91. The minimum atomic E-state index is -0.760. The lowest BCUT2D eigenvalue weighted by atomic mass is 9.95. The summed E-state index contributed by atoms with van der Waals surface area (Å²) in [5.41, 5.74) is 2.17. The molecule has 1 N–H and O–H groups in total. The van der Waals surface area contributed by atoms with Gasteiger partial charge in [0, 0.05) is 9.35 Å². The van der Waals surface area contributed by atoms with Crippen molar-refractivity contribution < 1.29 is 19.4 Å². The largest absolute Gasteiger partial charge is 0.493 e. The number of carbonyl (C=O) groups is 1. The predicted octanol–water partition coefficient (Wildman–Crippen LogP) is 4.86. The Balaban J connectivity index is 2.15. The molecule has 146 valence electrons. The van der Waals surface area contributed by atoms with Crippen LogP contribution in [0.2, 0.25) is 0 Å². The van der Waals surface area contributed by atoms with Crippen molar-refractivity contribution in [3.63, 3.8) is 0 Å². The number of carboxylic acids is 1. The van der Waals surface area contributed by atoms with Gasteiger partial charge in [-0.3, -0.25) is 9.69 Å². The number of aryl methyl sites for hydroxylation is 1. The zero-order chi connectivity index (χ0) is 19.6. The van der Waals surface area contributed by atoms with Crippen LogP contribution in [0, 0.1) is 6.92 Å². The van der Waals surface area contributed by atoms with E-state index in [9.17, 15) is 9.90 Å². The smallest absolute Gasteiger partial charge is 0.320 e. The Kier molecular flexibility index (Phi) is 6.44. The van der Waals surface area contributed by atoms with Crippen LogP contribution < -0.4 is 9.47 Å². The number of ether oxygens (including phenoxy) is 2. The number of thiophene rings is 1. The van der Waals surface area contributed by atoms with Crippen molar-refractivity contribution in [1.29, 1.82) is 0 Å². The van der Waals surface area contributed by atoms with Gasteiger partial charge in [0.25, 0.3) is 0 Å². The molecule has 27 heavy (non-hydrogen) atoms. The fourth-order valence-corrected chi connectivity index (χ4v) is 5.27. The maximum absolute atomic E-state index is 12.0. The average molecular weight is 454 g/mol. The van der Waals surface area contributed by atoms with Crippen LogP contribution in [-0.4, -0.2) is 42.8 Å². The number of carboxylic acid groups (broad SMARTS) is 1. The summed E-state index contributed by atoms with van der Waals surface area (Å²) in [6.45, 7) is 2.81. The molecule has 5 nitrogen and oxygen atoms in total. The number of nitrogens with zero attached hydrogens (tertiary/aromatic N) is 1. The van der Waals surface area contributed by atoms with Gasteiger partial charge in [0.05, 0.1) is 20.3 Å². The summed E-state index contributed by atoms with van der Waals surface area (Å²) < 4.78 is 11.8. The van der Waals surface area contributed by atoms with E-state index < -0.39 is 12.0 Å². The van der Waals surface area contributed by atoms with E-state index in [0.717, 1.165) is 34.3 Å². The highest BCUT2D eigenvalue weighted by Crippen LogP contribution is 2.43. The van der Waals surface area contributed by atoms with Crippen molar-refractivity contribution in [2.24, 2.45) is 0 Å². The third-order valence-corrected chi connectivity index (χ3v) is 6.77. The van der Waals surface area contributed by atoms with Gasteiger partial charge < -0.3 is 14.6 Å². The lowest BCUT2D eigenvalue weighted by molar-refractivity contribution is -0.145. The van der Waals surface area contributed by atoms with Crippen LogP contribution in [0.15, 0.2) is 28.1 Å². The highest BCUT2D eigenvalue weighted by molar-refractivity contribution is 9.10. The van der Waals surface area contributed by atoms with Crippen molar-refractivity contribution >= 4 is 33.2 Å². The molecule has 1 aromatic heterocycles. The molecular weight excluding hydrogens is 430 g/mol. The Labute approximate surface area is 172 Å². The van der Waals surface area contributed by atoms with Crippen LogP contribution in [0.4, 0.5) is 0 Å². The molecule has 2 atom stereocenters. The maximum atomic E-state index is 12.0. The number of hydrogen-bond acceptors (Lipinski definition) is 5. The summed E-state index contributed by atoms with van der Waals surface area (Å²) >= 11 is 5.34. The second kappa shape index (κ2) is 8.63. The van der Waals surface area contributed by atoms with Crippen molar-refractivity contribution in [2.75, 3.05) is 20.8 Å². The van der Waals surface area contributed by atoms with Crippen LogP contribution in [0.5, 0.6) is 11.5 Å².